The van der Waals surface area contributed by atoms with Crippen LogP contribution in [0.3, 0.4) is 0 Å². The average Bonchev–Trinajstić information content (AvgIpc) is 2.50. The second-order valence-corrected chi connectivity index (χ2v) is 5.44. The molecule has 0 N–H and O–H groups in total. The molecule has 1 amide bonds. The molecule has 0 spiro atoms. The zero-order chi connectivity index (χ0) is 16.4. The molecular weight excluding hydrogens is 321 g/mol. The maximum atomic E-state index is 13.7. The van der Waals surface area contributed by atoms with Gasteiger partial charge in [-0.25, -0.2) is 9.37 Å². The van der Waals surface area contributed by atoms with Gasteiger partial charge in [-0.15, -0.1) is 0 Å². The van der Waals surface area contributed by atoms with Crippen LogP contribution >= 0.6 is 11.6 Å². The van der Waals surface area contributed by atoms with Gasteiger partial charge in [-0.05, 0) is 18.2 Å². The van der Waals surface area contributed by atoms with Crippen LogP contribution in [0.2, 0.25) is 5.02 Å². The highest BCUT2D eigenvalue weighted by Crippen LogP contribution is 2.25. The van der Waals surface area contributed by atoms with E-state index in [-0.39, 0.29) is 22.4 Å². The molecule has 2 heterocycles. The highest BCUT2D eigenvalue weighted by molar-refractivity contribution is 6.33. The summed E-state index contributed by atoms with van der Waals surface area (Å²) in [5.74, 6) is -0.586. The number of halogens is 2. The minimum absolute atomic E-state index is 0.0900. The lowest BCUT2D eigenvalue weighted by atomic mass is 10.1. The molecule has 116 valence electrons. The Kier molecular flexibility index (Phi) is 4.13. The fraction of sp³-hybridized carbons (Fsp3) is 0.188. The van der Waals surface area contributed by atoms with Gasteiger partial charge in [0.1, 0.15) is 29.4 Å². The van der Waals surface area contributed by atoms with Crippen molar-refractivity contribution in [2.24, 2.45) is 0 Å². The molecule has 0 atom stereocenters. The molecule has 1 aromatic carbocycles. The Hall–Kier alpha value is -2.65. The quantitative estimate of drug-likeness (QED) is 0.867. The first-order valence-corrected chi connectivity index (χ1v) is 7.22. The number of ether oxygens (including phenoxy) is 1. The first-order chi connectivity index (χ1) is 11.1. The summed E-state index contributed by atoms with van der Waals surface area (Å²) in [6.45, 7) is 0.654. The molecular formula is C16H11ClFN3O2. The standard InChI is InChI=1S/C16H11ClFN3O2/c17-13-2-1-3-14(18)15(13)16(22)21-8-12(9-21)23-11-4-5-20-10(6-11)7-19/h1-6,12H,8-9H2. The van der Waals surface area contributed by atoms with Crippen molar-refractivity contribution in [2.45, 2.75) is 6.10 Å². The molecule has 1 fully saturated rings. The van der Waals surface area contributed by atoms with Crippen LogP contribution in [0.4, 0.5) is 4.39 Å². The van der Waals surface area contributed by atoms with E-state index in [9.17, 15) is 9.18 Å². The van der Waals surface area contributed by atoms with Gasteiger partial charge in [-0.3, -0.25) is 4.79 Å². The normalized spacial score (nSPS) is 14.0. The predicted molar refractivity (Wildman–Crippen MR) is 80.7 cm³/mol. The Balaban J connectivity index is 1.63. The molecule has 0 radical (unpaired) electrons. The van der Waals surface area contributed by atoms with Crippen LogP contribution < -0.4 is 4.74 Å². The summed E-state index contributed by atoms with van der Waals surface area (Å²) in [4.78, 5) is 17.6. The number of nitrogens with zero attached hydrogens (tertiary/aromatic N) is 3. The Morgan fingerprint density at radius 1 is 1.43 bits per heavy atom. The Morgan fingerprint density at radius 3 is 2.91 bits per heavy atom. The number of benzene rings is 1. The summed E-state index contributed by atoms with van der Waals surface area (Å²) in [5.41, 5.74) is 0.135. The number of amides is 1. The fourth-order valence-corrected chi connectivity index (χ4v) is 2.52. The largest absolute Gasteiger partial charge is 0.487 e. The van der Waals surface area contributed by atoms with E-state index in [2.05, 4.69) is 4.98 Å². The monoisotopic (exact) mass is 331 g/mol. The SMILES string of the molecule is N#Cc1cc(OC2CN(C(=O)c3c(F)cccc3Cl)C2)ccn1. The van der Waals surface area contributed by atoms with Crippen molar-refractivity contribution in [3.05, 3.63) is 58.6 Å². The maximum absolute atomic E-state index is 13.7. The number of carbonyl (C=O) groups excluding carboxylic acids is 1. The smallest absolute Gasteiger partial charge is 0.258 e. The first kappa shape index (κ1) is 15.3. The third kappa shape index (κ3) is 3.10. The van der Waals surface area contributed by atoms with Gasteiger partial charge in [-0.2, -0.15) is 5.26 Å². The summed E-state index contributed by atoms with van der Waals surface area (Å²) in [5, 5.41) is 8.88. The van der Waals surface area contributed by atoms with E-state index < -0.39 is 11.7 Å². The predicted octanol–water partition coefficient (Wildman–Crippen LogP) is 2.65. The molecule has 7 heteroatoms. The van der Waals surface area contributed by atoms with E-state index >= 15 is 0 Å². The molecule has 1 aliphatic rings. The number of pyridine rings is 1. The van der Waals surface area contributed by atoms with Crippen molar-refractivity contribution >= 4 is 17.5 Å². The number of aromatic nitrogens is 1. The summed E-state index contributed by atoms with van der Waals surface area (Å²) in [6.07, 6.45) is 1.27. The Labute approximate surface area is 136 Å². The molecule has 0 saturated carbocycles. The average molecular weight is 332 g/mol. The summed E-state index contributed by atoms with van der Waals surface area (Å²) in [6, 6.07) is 9.22. The first-order valence-electron chi connectivity index (χ1n) is 6.84. The van der Waals surface area contributed by atoms with Crippen LogP contribution in [0.15, 0.2) is 36.5 Å². The van der Waals surface area contributed by atoms with Gasteiger partial charge in [0.05, 0.1) is 23.7 Å². The van der Waals surface area contributed by atoms with Crippen molar-refractivity contribution in [1.29, 1.82) is 5.26 Å². The van der Waals surface area contributed by atoms with Crippen molar-refractivity contribution in [3.8, 4) is 11.8 Å². The van der Waals surface area contributed by atoms with E-state index in [0.29, 0.717) is 18.8 Å². The molecule has 0 bridgehead atoms. The molecule has 1 aliphatic heterocycles. The fourth-order valence-electron chi connectivity index (χ4n) is 2.28. The third-order valence-electron chi connectivity index (χ3n) is 3.46. The summed E-state index contributed by atoms with van der Waals surface area (Å²) in [7, 11) is 0. The molecule has 0 aliphatic carbocycles. The van der Waals surface area contributed by atoms with Crippen LogP contribution in [0.25, 0.3) is 0 Å². The topological polar surface area (TPSA) is 66.2 Å². The summed E-state index contributed by atoms with van der Waals surface area (Å²) >= 11 is 5.89. The lowest BCUT2D eigenvalue weighted by Crippen LogP contribution is -2.56. The van der Waals surface area contributed by atoms with Gasteiger partial charge in [0.2, 0.25) is 0 Å². The molecule has 2 aromatic rings. The Bertz CT molecular complexity index is 780. The molecule has 23 heavy (non-hydrogen) atoms. The van der Waals surface area contributed by atoms with Crippen molar-refractivity contribution in [1.82, 2.24) is 9.88 Å². The van der Waals surface area contributed by atoms with E-state index in [4.69, 9.17) is 21.6 Å². The molecule has 1 saturated heterocycles. The van der Waals surface area contributed by atoms with E-state index in [0.717, 1.165) is 0 Å². The van der Waals surface area contributed by atoms with Crippen molar-refractivity contribution < 1.29 is 13.9 Å². The van der Waals surface area contributed by atoms with Crippen molar-refractivity contribution in [3.63, 3.8) is 0 Å². The lowest BCUT2D eigenvalue weighted by molar-refractivity contribution is 0.0174. The molecule has 1 aromatic heterocycles. The van der Waals surface area contributed by atoms with Crippen molar-refractivity contribution in [2.75, 3.05) is 13.1 Å². The summed E-state index contributed by atoms with van der Waals surface area (Å²) < 4.78 is 19.4. The number of likely N-dealkylation sites (tertiary alicyclic amines) is 1. The molecule has 0 unspecified atom stereocenters. The lowest BCUT2D eigenvalue weighted by Gasteiger charge is -2.39. The number of hydrogen-bond acceptors (Lipinski definition) is 4. The van der Waals surface area contributed by atoms with E-state index in [1.807, 2.05) is 6.07 Å². The van der Waals surface area contributed by atoms with Gasteiger partial charge in [0.25, 0.3) is 5.91 Å². The maximum Gasteiger partial charge on any atom is 0.258 e. The zero-order valence-electron chi connectivity index (χ0n) is 11.9. The van der Waals surface area contributed by atoms with Crippen LogP contribution in [0.1, 0.15) is 16.1 Å². The van der Waals surface area contributed by atoms with Gasteiger partial charge >= 0.3 is 0 Å². The van der Waals surface area contributed by atoms with Crippen LogP contribution in [-0.2, 0) is 0 Å². The van der Waals surface area contributed by atoms with E-state index in [1.54, 1.807) is 6.07 Å². The zero-order valence-corrected chi connectivity index (χ0v) is 12.6. The number of rotatable bonds is 3. The van der Waals surface area contributed by atoms with Gasteiger partial charge in [-0.1, -0.05) is 17.7 Å². The molecule has 3 rings (SSSR count). The minimum Gasteiger partial charge on any atom is -0.487 e. The molecule has 5 nitrogen and oxygen atoms in total. The van der Waals surface area contributed by atoms with Crippen LogP contribution in [-0.4, -0.2) is 35.0 Å². The number of hydrogen-bond donors (Lipinski definition) is 0. The second kappa shape index (κ2) is 6.23. The van der Waals surface area contributed by atoms with Crippen LogP contribution in [0.5, 0.6) is 5.75 Å². The van der Waals surface area contributed by atoms with Gasteiger partial charge in [0.15, 0.2) is 0 Å². The number of nitriles is 1. The third-order valence-corrected chi connectivity index (χ3v) is 3.78. The number of carbonyl (C=O) groups is 1. The highest BCUT2D eigenvalue weighted by atomic mass is 35.5. The van der Waals surface area contributed by atoms with Gasteiger partial charge < -0.3 is 9.64 Å². The van der Waals surface area contributed by atoms with E-state index in [1.165, 1.54) is 35.4 Å². The second-order valence-electron chi connectivity index (χ2n) is 5.04. The van der Waals surface area contributed by atoms with Gasteiger partial charge in [0, 0.05) is 12.3 Å². The highest BCUT2D eigenvalue weighted by Gasteiger charge is 2.34. The van der Waals surface area contributed by atoms with Crippen LogP contribution in [0, 0.1) is 17.1 Å². The Morgan fingerprint density at radius 2 is 2.22 bits per heavy atom. The minimum atomic E-state index is -0.639.